The number of rotatable bonds is 6. The van der Waals surface area contributed by atoms with Gasteiger partial charge in [-0.1, -0.05) is 47.5 Å². The molecule has 0 bridgehead atoms. The number of anilines is 1. The Bertz CT molecular complexity index is 1000. The van der Waals surface area contributed by atoms with Crippen molar-refractivity contribution in [1.82, 2.24) is 10.3 Å². The van der Waals surface area contributed by atoms with Gasteiger partial charge in [0.1, 0.15) is 0 Å². The lowest BCUT2D eigenvalue weighted by Crippen LogP contribution is -2.33. The second kappa shape index (κ2) is 9.19. The van der Waals surface area contributed by atoms with E-state index in [2.05, 4.69) is 15.6 Å². The molecule has 0 aliphatic heterocycles. The Kier molecular flexibility index (Phi) is 6.67. The molecule has 8 heteroatoms. The van der Waals surface area contributed by atoms with Gasteiger partial charge in [0.05, 0.1) is 6.54 Å². The molecule has 2 N–H and O–H groups in total. The number of hydrogen-bond donors (Lipinski definition) is 2. The maximum absolute atomic E-state index is 12.2. The first-order valence-electron chi connectivity index (χ1n) is 8.45. The molecule has 1 aromatic heterocycles. The van der Waals surface area contributed by atoms with Crippen molar-refractivity contribution in [1.29, 1.82) is 0 Å². The molecule has 0 spiro atoms. The topological polar surface area (TPSA) is 71.1 Å². The number of nitrogens with one attached hydrogen (secondary N) is 2. The third-order valence-corrected chi connectivity index (χ3v) is 5.63. The Balaban J connectivity index is 1.55. The number of halogens is 2. The number of aryl methyl sites for hydroxylation is 1. The van der Waals surface area contributed by atoms with Gasteiger partial charge < -0.3 is 10.6 Å². The molecule has 0 saturated carbocycles. The SMILES string of the molecule is Cc1ccccc1C(=O)NCC(=O)Nc1ncc(Cc2c(Cl)cccc2Cl)s1. The number of thiazole rings is 1. The molecular formula is C20H17Cl2N3O2S. The summed E-state index contributed by atoms with van der Waals surface area (Å²) in [7, 11) is 0. The van der Waals surface area contributed by atoms with Crippen molar-refractivity contribution in [2.45, 2.75) is 13.3 Å². The van der Waals surface area contributed by atoms with Crippen molar-refractivity contribution in [3.05, 3.63) is 80.3 Å². The molecule has 0 fully saturated rings. The van der Waals surface area contributed by atoms with E-state index in [0.717, 1.165) is 16.0 Å². The Hall–Kier alpha value is -2.41. The van der Waals surface area contributed by atoms with Crippen LogP contribution in [-0.2, 0) is 11.2 Å². The third-order valence-electron chi connectivity index (χ3n) is 4.01. The van der Waals surface area contributed by atoms with Crippen LogP contribution < -0.4 is 10.6 Å². The molecular weight excluding hydrogens is 417 g/mol. The standard InChI is InChI=1S/C20H17Cl2N3O2S/c1-12-5-2-3-6-14(12)19(27)23-11-18(26)25-20-24-10-13(28-20)9-15-16(21)7-4-8-17(15)22/h2-8,10H,9,11H2,1H3,(H,23,27)(H,24,25,26). The summed E-state index contributed by atoms with van der Waals surface area (Å²) in [6.07, 6.45) is 2.20. The normalized spacial score (nSPS) is 10.5. The highest BCUT2D eigenvalue weighted by atomic mass is 35.5. The molecule has 0 aliphatic rings. The summed E-state index contributed by atoms with van der Waals surface area (Å²) in [6.45, 7) is 1.70. The smallest absolute Gasteiger partial charge is 0.251 e. The zero-order valence-electron chi connectivity index (χ0n) is 15.0. The minimum Gasteiger partial charge on any atom is -0.343 e. The van der Waals surface area contributed by atoms with Gasteiger partial charge >= 0.3 is 0 Å². The van der Waals surface area contributed by atoms with Crippen molar-refractivity contribution in [2.24, 2.45) is 0 Å². The van der Waals surface area contributed by atoms with E-state index < -0.39 is 0 Å². The highest BCUT2D eigenvalue weighted by Crippen LogP contribution is 2.29. The fraction of sp³-hybridized carbons (Fsp3) is 0.150. The molecule has 1 heterocycles. The second-order valence-electron chi connectivity index (χ2n) is 6.05. The average Bonchev–Trinajstić information content (AvgIpc) is 3.10. The summed E-state index contributed by atoms with van der Waals surface area (Å²) in [5.74, 6) is -0.639. The fourth-order valence-corrected chi connectivity index (χ4v) is 3.94. The first-order valence-corrected chi connectivity index (χ1v) is 10.0. The molecule has 5 nitrogen and oxygen atoms in total. The number of nitrogens with zero attached hydrogens (tertiary/aromatic N) is 1. The largest absolute Gasteiger partial charge is 0.343 e. The lowest BCUT2D eigenvalue weighted by Gasteiger charge is -2.07. The van der Waals surface area contributed by atoms with Gasteiger partial charge in [-0.15, -0.1) is 11.3 Å². The molecule has 0 aliphatic carbocycles. The zero-order valence-corrected chi connectivity index (χ0v) is 17.3. The summed E-state index contributed by atoms with van der Waals surface area (Å²) in [5.41, 5.74) is 2.21. The van der Waals surface area contributed by atoms with Crippen LogP contribution >= 0.6 is 34.5 Å². The van der Waals surface area contributed by atoms with Crippen LogP contribution in [0.25, 0.3) is 0 Å². The maximum Gasteiger partial charge on any atom is 0.251 e. The van der Waals surface area contributed by atoms with Gasteiger partial charge in [-0.05, 0) is 36.2 Å². The fourth-order valence-electron chi connectivity index (χ4n) is 2.57. The second-order valence-corrected chi connectivity index (χ2v) is 7.98. The van der Waals surface area contributed by atoms with E-state index in [1.165, 1.54) is 11.3 Å². The van der Waals surface area contributed by atoms with Crippen molar-refractivity contribution in [3.63, 3.8) is 0 Å². The van der Waals surface area contributed by atoms with Crippen molar-refractivity contribution < 1.29 is 9.59 Å². The lowest BCUT2D eigenvalue weighted by atomic mass is 10.1. The Morgan fingerprint density at radius 3 is 2.50 bits per heavy atom. The number of benzene rings is 2. The number of hydrogen-bond acceptors (Lipinski definition) is 4. The summed E-state index contributed by atoms with van der Waals surface area (Å²) < 4.78 is 0. The minimum absolute atomic E-state index is 0.140. The number of aromatic nitrogens is 1. The zero-order chi connectivity index (χ0) is 20.1. The first kappa shape index (κ1) is 20.3. The van der Waals surface area contributed by atoms with Crippen molar-refractivity contribution in [3.8, 4) is 0 Å². The predicted octanol–water partition coefficient (Wildman–Crippen LogP) is 4.72. The van der Waals surface area contributed by atoms with E-state index in [9.17, 15) is 9.59 Å². The highest BCUT2D eigenvalue weighted by Gasteiger charge is 2.13. The number of carbonyl (C=O) groups excluding carboxylic acids is 2. The van der Waals surface area contributed by atoms with Crippen LogP contribution in [0, 0.1) is 6.92 Å². The molecule has 2 amide bonds. The van der Waals surface area contributed by atoms with Gasteiger partial charge in [0.2, 0.25) is 5.91 Å². The Labute approximate surface area is 176 Å². The number of amides is 2. The van der Waals surface area contributed by atoms with Crippen LogP contribution in [0.2, 0.25) is 10.0 Å². The molecule has 0 saturated heterocycles. The summed E-state index contributed by atoms with van der Waals surface area (Å²) >= 11 is 13.7. The van der Waals surface area contributed by atoms with Crippen molar-refractivity contribution in [2.75, 3.05) is 11.9 Å². The van der Waals surface area contributed by atoms with Gasteiger partial charge in [0.25, 0.3) is 5.91 Å². The molecule has 0 unspecified atom stereocenters. The summed E-state index contributed by atoms with van der Waals surface area (Å²) in [5, 5.41) is 6.93. The monoisotopic (exact) mass is 433 g/mol. The van der Waals surface area contributed by atoms with E-state index in [0.29, 0.717) is 27.2 Å². The van der Waals surface area contributed by atoms with Crippen LogP contribution in [0.15, 0.2) is 48.7 Å². The van der Waals surface area contributed by atoms with E-state index >= 15 is 0 Å². The van der Waals surface area contributed by atoms with Gasteiger partial charge in [0, 0.05) is 33.1 Å². The van der Waals surface area contributed by atoms with E-state index in [1.807, 2.05) is 19.1 Å². The maximum atomic E-state index is 12.2. The van der Waals surface area contributed by atoms with Gasteiger partial charge in [0.15, 0.2) is 5.13 Å². The highest BCUT2D eigenvalue weighted by molar-refractivity contribution is 7.15. The Morgan fingerprint density at radius 1 is 1.07 bits per heavy atom. The van der Waals surface area contributed by atoms with Gasteiger partial charge in [-0.2, -0.15) is 0 Å². The van der Waals surface area contributed by atoms with Crippen LogP contribution in [0.4, 0.5) is 5.13 Å². The van der Waals surface area contributed by atoms with E-state index in [-0.39, 0.29) is 18.4 Å². The van der Waals surface area contributed by atoms with Gasteiger partial charge in [-0.3, -0.25) is 9.59 Å². The molecule has 0 radical (unpaired) electrons. The molecule has 3 rings (SSSR count). The van der Waals surface area contributed by atoms with E-state index in [4.69, 9.17) is 23.2 Å². The predicted molar refractivity (Wildman–Crippen MR) is 114 cm³/mol. The summed E-state index contributed by atoms with van der Waals surface area (Å²) in [6, 6.07) is 12.6. The molecule has 3 aromatic rings. The van der Waals surface area contributed by atoms with Crippen molar-refractivity contribution >= 4 is 51.5 Å². The summed E-state index contributed by atoms with van der Waals surface area (Å²) in [4.78, 5) is 29.4. The molecule has 2 aromatic carbocycles. The van der Waals surface area contributed by atoms with Crippen LogP contribution in [0.1, 0.15) is 26.4 Å². The lowest BCUT2D eigenvalue weighted by molar-refractivity contribution is -0.115. The molecule has 28 heavy (non-hydrogen) atoms. The first-order chi connectivity index (χ1) is 13.4. The van der Waals surface area contributed by atoms with Crippen LogP contribution in [0.5, 0.6) is 0 Å². The van der Waals surface area contributed by atoms with Crippen LogP contribution in [-0.4, -0.2) is 23.3 Å². The van der Waals surface area contributed by atoms with Crippen LogP contribution in [0.3, 0.4) is 0 Å². The molecule has 0 atom stereocenters. The minimum atomic E-state index is -0.349. The molecule has 144 valence electrons. The van der Waals surface area contributed by atoms with E-state index in [1.54, 1.807) is 36.5 Å². The number of carbonyl (C=O) groups is 2. The van der Waals surface area contributed by atoms with Gasteiger partial charge in [-0.25, -0.2) is 4.98 Å². The average molecular weight is 434 g/mol. The third kappa shape index (κ3) is 5.10. The Morgan fingerprint density at radius 2 is 1.79 bits per heavy atom. The quantitative estimate of drug-likeness (QED) is 0.590.